The van der Waals surface area contributed by atoms with E-state index in [1.807, 2.05) is 85.3 Å². The number of benzene rings is 2. The maximum absolute atomic E-state index is 12.6. The molecule has 1 amide bonds. The number of hydrogen-bond acceptors (Lipinski definition) is 3. The van der Waals surface area contributed by atoms with Gasteiger partial charge in [-0.15, -0.1) is 0 Å². The van der Waals surface area contributed by atoms with Crippen LogP contribution >= 0.6 is 0 Å². The van der Waals surface area contributed by atoms with Crippen molar-refractivity contribution >= 4 is 16.9 Å². The lowest BCUT2D eigenvalue weighted by Gasteiger charge is -2.09. The fraction of sp³-hybridized carbons (Fsp3) is 0.136. The molecule has 0 bridgehead atoms. The Bertz CT molecular complexity index is 1120. The molecule has 0 saturated carbocycles. The molecular weight excluding hydrogens is 336 g/mol. The number of carbonyl (C=O) groups is 1. The zero-order valence-corrected chi connectivity index (χ0v) is 15.3. The van der Waals surface area contributed by atoms with Gasteiger partial charge in [0.25, 0.3) is 5.91 Å². The molecular formula is C22H20N4O. The van der Waals surface area contributed by atoms with Gasteiger partial charge in [0.15, 0.2) is 0 Å². The van der Waals surface area contributed by atoms with Crippen LogP contribution in [0.3, 0.4) is 0 Å². The highest BCUT2D eigenvalue weighted by atomic mass is 16.1. The molecule has 134 valence electrons. The standard InChI is InChI=1S/C22H20N4O/c1-15-17(12-13-18(24-15)16-8-4-3-5-9-16)22(27)23-14-21-25-19-10-6-7-11-20(19)26(21)2/h3-13H,14H2,1-2H3,(H,23,27). The smallest absolute Gasteiger partial charge is 0.253 e. The van der Waals surface area contributed by atoms with Crippen LogP contribution in [0.25, 0.3) is 22.3 Å². The number of nitrogens with zero attached hydrogens (tertiary/aromatic N) is 3. The van der Waals surface area contributed by atoms with E-state index in [4.69, 9.17) is 0 Å². The van der Waals surface area contributed by atoms with Crippen LogP contribution in [-0.4, -0.2) is 20.4 Å². The highest BCUT2D eigenvalue weighted by Gasteiger charge is 2.13. The summed E-state index contributed by atoms with van der Waals surface area (Å²) < 4.78 is 2.00. The normalized spacial score (nSPS) is 10.9. The van der Waals surface area contributed by atoms with E-state index in [-0.39, 0.29) is 5.91 Å². The first kappa shape index (κ1) is 17.0. The Morgan fingerprint density at radius 1 is 0.963 bits per heavy atom. The van der Waals surface area contributed by atoms with Gasteiger partial charge in [-0.3, -0.25) is 9.78 Å². The molecule has 5 heteroatoms. The summed E-state index contributed by atoms with van der Waals surface area (Å²) in [4.78, 5) is 21.8. The second-order valence-electron chi connectivity index (χ2n) is 6.45. The van der Waals surface area contributed by atoms with Crippen LogP contribution in [0, 0.1) is 6.92 Å². The molecule has 2 aromatic heterocycles. The van der Waals surface area contributed by atoms with Gasteiger partial charge in [0, 0.05) is 12.6 Å². The summed E-state index contributed by atoms with van der Waals surface area (Å²) in [5, 5.41) is 2.95. The molecule has 0 fully saturated rings. The first-order valence-corrected chi connectivity index (χ1v) is 8.85. The first-order valence-electron chi connectivity index (χ1n) is 8.85. The Hall–Kier alpha value is -3.47. The number of fused-ring (bicyclic) bond motifs is 1. The molecule has 0 aliphatic rings. The Labute approximate surface area is 157 Å². The van der Waals surface area contributed by atoms with Crippen molar-refractivity contribution in [1.82, 2.24) is 19.9 Å². The molecule has 2 heterocycles. The van der Waals surface area contributed by atoms with Crippen molar-refractivity contribution in [2.24, 2.45) is 7.05 Å². The quantitative estimate of drug-likeness (QED) is 0.604. The fourth-order valence-electron chi connectivity index (χ4n) is 3.18. The minimum atomic E-state index is -0.147. The number of hydrogen-bond donors (Lipinski definition) is 1. The maximum Gasteiger partial charge on any atom is 0.253 e. The highest BCUT2D eigenvalue weighted by molar-refractivity contribution is 5.95. The van der Waals surface area contributed by atoms with E-state index in [1.54, 1.807) is 0 Å². The van der Waals surface area contributed by atoms with E-state index in [0.717, 1.165) is 28.1 Å². The van der Waals surface area contributed by atoms with Gasteiger partial charge in [-0.05, 0) is 31.2 Å². The summed E-state index contributed by atoms with van der Waals surface area (Å²) in [6.07, 6.45) is 0. The van der Waals surface area contributed by atoms with Gasteiger partial charge < -0.3 is 9.88 Å². The predicted molar refractivity (Wildman–Crippen MR) is 106 cm³/mol. The van der Waals surface area contributed by atoms with E-state index in [1.165, 1.54) is 0 Å². The summed E-state index contributed by atoms with van der Waals surface area (Å²) in [7, 11) is 1.96. The van der Waals surface area contributed by atoms with Gasteiger partial charge in [0.1, 0.15) is 5.82 Å². The number of amides is 1. The predicted octanol–water partition coefficient (Wildman–Crippen LogP) is 3.87. The molecule has 0 radical (unpaired) electrons. The van der Waals surface area contributed by atoms with Crippen molar-refractivity contribution in [3.05, 3.63) is 83.8 Å². The van der Waals surface area contributed by atoms with Gasteiger partial charge in [0.05, 0.1) is 34.5 Å². The molecule has 4 rings (SSSR count). The number of nitrogens with one attached hydrogen (secondary N) is 1. The van der Waals surface area contributed by atoms with Crippen LogP contribution in [0.5, 0.6) is 0 Å². The Balaban J connectivity index is 1.52. The number of aromatic nitrogens is 3. The number of rotatable bonds is 4. The van der Waals surface area contributed by atoms with Crippen molar-refractivity contribution in [1.29, 1.82) is 0 Å². The zero-order chi connectivity index (χ0) is 18.8. The lowest BCUT2D eigenvalue weighted by Crippen LogP contribution is -2.25. The van der Waals surface area contributed by atoms with Crippen LogP contribution in [-0.2, 0) is 13.6 Å². The van der Waals surface area contributed by atoms with Crippen LogP contribution in [0.2, 0.25) is 0 Å². The Morgan fingerprint density at radius 2 is 1.70 bits per heavy atom. The fourth-order valence-corrected chi connectivity index (χ4v) is 3.18. The second kappa shape index (κ2) is 7.03. The van der Waals surface area contributed by atoms with E-state index in [0.29, 0.717) is 17.8 Å². The minimum Gasteiger partial charge on any atom is -0.345 e. The molecule has 0 spiro atoms. The molecule has 0 unspecified atom stereocenters. The minimum absolute atomic E-state index is 0.147. The molecule has 27 heavy (non-hydrogen) atoms. The van der Waals surface area contributed by atoms with Crippen molar-refractivity contribution in [2.45, 2.75) is 13.5 Å². The third-order valence-electron chi connectivity index (χ3n) is 4.69. The summed E-state index contributed by atoms with van der Waals surface area (Å²) in [5.41, 5.74) is 5.15. The SMILES string of the molecule is Cc1nc(-c2ccccc2)ccc1C(=O)NCc1nc2ccccc2n1C. The molecule has 0 aliphatic carbocycles. The molecule has 0 aliphatic heterocycles. The van der Waals surface area contributed by atoms with Crippen molar-refractivity contribution in [2.75, 3.05) is 0 Å². The number of aryl methyl sites for hydroxylation is 2. The van der Waals surface area contributed by atoms with E-state index >= 15 is 0 Å². The molecule has 0 saturated heterocycles. The van der Waals surface area contributed by atoms with Gasteiger partial charge in [-0.2, -0.15) is 0 Å². The van der Waals surface area contributed by atoms with Crippen molar-refractivity contribution < 1.29 is 4.79 Å². The van der Waals surface area contributed by atoms with Gasteiger partial charge in [-0.1, -0.05) is 42.5 Å². The van der Waals surface area contributed by atoms with Gasteiger partial charge in [0.2, 0.25) is 0 Å². The summed E-state index contributed by atoms with van der Waals surface area (Å²) in [5.74, 6) is 0.669. The average Bonchev–Trinajstić information content (AvgIpc) is 3.03. The zero-order valence-electron chi connectivity index (χ0n) is 15.3. The highest BCUT2D eigenvalue weighted by Crippen LogP contribution is 2.19. The third kappa shape index (κ3) is 3.31. The molecule has 2 aromatic carbocycles. The number of pyridine rings is 1. The van der Waals surface area contributed by atoms with Crippen molar-refractivity contribution in [3.8, 4) is 11.3 Å². The maximum atomic E-state index is 12.6. The van der Waals surface area contributed by atoms with Crippen molar-refractivity contribution in [3.63, 3.8) is 0 Å². The number of carbonyl (C=O) groups excluding carboxylic acids is 1. The first-order chi connectivity index (χ1) is 13.1. The lowest BCUT2D eigenvalue weighted by molar-refractivity contribution is 0.0948. The monoisotopic (exact) mass is 356 g/mol. The lowest BCUT2D eigenvalue weighted by atomic mass is 10.1. The Morgan fingerprint density at radius 3 is 2.44 bits per heavy atom. The number of imidazole rings is 1. The summed E-state index contributed by atoms with van der Waals surface area (Å²) >= 11 is 0. The largest absolute Gasteiger partial charge is 0.345 e. The molecule has 0 atom stereocenters. The molecule has 1 N–H and O–H groups in total. The molecule has 5 nitrogen and oxygen atoms in total. The van der Waals surface area contributed by atoms with E-state index < -0.39 is 0 Å². The third-order valence-corrected chi connectivity index (χ3v) is 4.69. The van der Waals surface area contributed by atoms with Crippen LogP contribution < -0.4 is 5.32 Å². The summed E-state index contributed by atoms with van der Waals surface area (Å²) in [6.45, 7) is 2.22. The second-order valence-corrected chi connectivity index (χ2v) is 6.45. The van der Waals surface area contributed by atoms with E-state index in [9.17, 15) is 4.79 Å². The van der Waals surface area contributed by atoms with Crippen LogP contribution in [0.1, 0.15) is 21.9 Å². The summed E-state index contributed by atoms with van der Waals surface area (Å²) in [6, 6.07) is 21.6. The van der Waals surface area contributed by atoms with E-state index in [2.05, 4.69) is 15.3 Å². The van der Waals surface area contributed by atoms with Crippen LogP contribution in [0.15, 0.2) is 66.7 Å². The average molecular weight is 356 g/mol. The topological polar surface area (TPSA) is 59.8 Å². The number of para-hydroxylation sites is 2. The van der Waals surface area contributed by atoms with Crippen LogP contribution in [0.4, 0.5) is 0 Å². The van der Waals surface area contributed by atoms with Gasteiger partial charge >= 0.3 is 0 Å². The molecule has 4 aromatic rings. The Kier molecular flexibility index (Phi) is 4.42. The van der Waals surface area contributed by atoms with Gasteiger partial charge in [-0.25, -0.2) is 4.98 Å².